The number of nitrogens with one attached hydrogen (secondary N) is 1. The van der Waals surface area contributed by atoms with Gasteiger partial charge < -0.3 is 14.8 Å². The van der Waals surface area contributed by atoms with Gasteiger partial charge in [0, 0.05) is 32.4 Å². The van der Waals surface area contributed by atoms with E-state index in [-0.39, 0.29) is 17.2 Å². The van der Waals surface area contributed by atoms with Crippen LogP contribution in [0.3, 0.4) is 0 Å². The van der Waals surface area contributed by atoms with Gasteiger partial charge in [-0.1, -0.05) is 30.3 Å². The molecule has 0 aliphatic carbocycles. The van der Waals surface area contributed by atoms with Crippen LogP contribution >= 0.6 is 0 Å². The first-order chi connectivity index (χ1) is 14.2. The summed E-state index contributed by atoms with van der Waals surface area (Å²) >= 11 is 0. The van der Waals surface area contributed by atoms with Crippen LogP contribution in [0.4, 0.5) is 5.82 Å². The molecule has 2 aliphatic rings. The Balaban J connectivity index is 1.39. The number of nitrogens with zero attached hydrogens (tertiary/aromatic N) is 4. The molecule has 3 aromatic rings. The third-order valence-electron chi connectivity index (χ3n) is 6.81. The van der Waals surface area contributed by atoms with Crippen molar-refractivity contribution in [1.29, 1.82) is 0 Å². The lowest BCUT2D eigenvalue weighted by Gasteiger charge is -2.50. The Kier molecular flexibility index (Phi) is 4.49. The van der Waals surface area contributed by atoms with Crippen LogP contribution in [-0.4, -0.2) is 51.9 Å². The van der Waals surface area contributed by atoms with Crippen molar-refractivity contribution in [3.63, 3.8) is 0 Å². The number of hydrogen-bond donors (Lipinski definition) is 1. The number of H-pyrrole nitrogens is 1. The molecule has 6 nitrogen and oxygen atoms in total. The quantitative estimate of drug-likeness (QED) is 0.744. The second-order valence-electron chi connectivity index (χ2n) is 8.44. The zero-order valence-corrected chi connectivity index (χ0v) is 16.8. The molecule has 0 unspecified atom stereocenters. The fourth-order valence-corrected chi connectivity index (χ4v) is 5.17. The zero-order chi connectivity index (χ0) is 19.8. The normalized spacial score (nSPS) is 21.8. The standard InChI is InChI=1S/C23H27N5O/c1-2-27-15-23(14-19(22(27)29)17-6-4-3-5-7-17)9-12-28(13-10-23)21-18-8-11-24-20(18)25-16-26-21/h3-8,11,16,19H,2,9-10,12-15H2,1H3,(H,24,25,26)/t19-/m1/s1. The van der Waals surface area contributed by atoms with E-state index in [1.54, 1.807) is 6.33 Å². The van der Waals surface area contributed by atoms with Gasteiger partial charge in [0.1, 0.15) is 17.8 Å². The van der Waals surface area contributed by atoms with Crippen molar-refractivity contribution in [1.82, 2.24) is 19.9 Å². The fourth-order valence-electron chi connectivity index (χ4n) is 5.17. The number of likely N-dealkylation sites (tertiary alicyclic amines) is 1. The molecule has 0 saturated carbocycles. The SMILES string of the molecule is CCN1CC2(CCN(c3ncnc4[nH]ccc34)CC2)C[C@H](c2ccccc2)C1=O. The zero-order valence-electron chi connectivity index (χ0n) is 16.8. The minimum absolute atomic E-state index is 0.0214. The first-order valence-corrected chi connectivity index (χ1v) is 10.6. The van der Waals surface area contributed by atoms with Crippen molar-refractivity contribution in [2.24, 2.45) is 5.41 Å². The molecule has 6 heteroatoms. The summed E-state index contributed by atoms with van der Waals surface area (Å²) in [6.07, 6.45) is 6.67. The van der Waals surface area contributed by atoms with Gasteiger partial charge in [0.05, 0.1) is 11.3 Å². The molecule has 2 fully saturated rings. The topological polar surface area (TPSA) is 65.1 Å². The minimum atomic E-state index is -0.0214. The number of fused-ring (bicyclic) bond motifs is 1. The van der Waals surface area contributed by atoms with Crippen LogP contribution in [0.1, 0.15) is 37.7 Å². The molecule has 4 heterocycles. The number of aromatic nitrogens is 3. The lowest BCUT2D eigenvalue weighted by molar-refractivity contribution is -0.140. The molecule has 1 atom stereocenters. The average Bonchev–Trinajstić information content (AvgIpc) is 3.26. The lowest BCUT2D eigenvalue weighted by atomic mass is 9.67. The highest BCUT2D eigenvalue weighted by atomic mass is 16.2. The number of rotatable bonds is 3. The van der Waals surface area contributed by atoms with Gasteiger partial charge in [-0.05, 0) is 43.2 Å². The van der Waals surface area contributed by atoms with Crippen molar-refractivity contribution in [3.05, 3.63) is 54.5 Å². The van der Waals surface area contributed by atoms with Gasteiger partial charge in [-0.3, -0.25) is 4.79 Å². The minimum Gasteiger partial charge on any atom is -0.356 e. The maximum Gasteiger partial charge on any atom is 0.230 e. The summed E-state index contributed by atoms with van der Waals surface area (Å²) in [6.45, 7) is 5.68. The van der Waals surface area contributed by atoms with E-state index >= 15 is 0 Å². The Morgan fingerprint density at radius 3 is 2.69 bits per heavy atom. The highest BCUT2D eigenvalue weighted by Crippen LogP contribution is 2.46. The summed E-state index contributed by atoms with van der Waals surface area (Å²) in [6, 6.07) is 12.4. The molecular formula is C23H27N5O. The molecule has 2 aromatic heterocycles. The number of anilines is 1. The van der Waals surface area contributed by atoms with Crippen LogP contribution in [0.25, 0.3) is 11.0 Å². The van der Waals surface area contributed by atoms with Gasteiger partial charge in [-0.2, -0.15) is 0 Å². The van der Waals surface area contributed by atoms with Crippen LogP contribution in [0.15, 0.2) is 48.9 Å². The van der Waals surface area contributed by atoms with E-state index in [1.807, 2.05) is 24.4 Å². The average molecular weight is 390 g/mol. The van der Waals surface area contributed by atoms with E-state index in [9.17, 15) is 4.79 Å². The van der Waals surface area contributed by atoms with Crippen molar-refractivity contribution in [2.75, 3.05) is 31.1 Å². The monoisotopic (exact) mass is 389 g/mol. The fraction of sp³-hybridized carbons (Fsp3) is 0.435. The number of hydrogen-bond acceptors (Lipinski definition) is 4. The molecule has 1 amide bonds. The summed E-state index contributed by atoms with van der Waals surface area (Å²) in [5, 5.41) is 1.08. The number of likely N-dealkylation sites (N-methyl/N-ethyl adjacent to an activating group) is 1. The summed E-state index contributed by atoms with van der Waals surface area (Å²) in [4.78, 5) is 29.6. The number of amides is 1. The maximum atomic E-state index is 13.1. The highest BCUT2D eigenvalue weighted by molar-refractivity contribution is 5.87. The molecular weight excluding hydrogens is 362 g/mol. The Morgan fingerprint density at radius 2 is 1.93 bits per heavy atom. The van der Waals surface area contributed by atoms with Gasteiger partial charge in [-0.25, -0.2) is 9.97 Å². The van der Waals surface area contributed by atoms with Crippen molar-refractivity contribution < 1.29 is 4.79 Å². The summed E-state index contributed by atoms with van der Waals surface area (Å²) in [5.74, 6) is 1.29. The van der Waals surface area contributed by atoms with E-state index in [0.717, 1.165) is 67.9 Å². The van der Waals surface area contributed by atoms with Crippen LogP contribution in [0.2, 0.25) is 0 Å². The van der Waals surface area contributed by atoms with Crippen molar-refractivity contribution in [3.8, 4) is 0 Å². The van der Waals surface area contributed by atoms with Gasteiger partial charge in [0.15, 0.2) is 0 Å². The largest absolute Gasteiger partial charge is 0.356 e. The van der Waals surface area contributed by atoms with Crippen LogP contribution in [0.5, 0.6) is 0 Å². The molecule has 5 rings (SSSR count). The van der Waals surface area contributed by atoms with Crippen molar-refractivity contribution in [2.45, 2.75) is 32.1 Å². The molecule has 0 bridgehead atoms. The Labute approximate surface area is 171 Å². The highest BCUT2D eigenvalue weighted by Gasteiger charge is 2.45. The molecule has 1 aromatic carbocycles. The molecule has 1 N–H and O–H groups in total. The number of carbonyl (C=O) groups is 1. The molecule has 2 aliphatic heterocycles. The maximum absolute atomic E-state index is 13.1. The number of carbonyl (C=O) groups excluding carboxylic acids is 1. The third-order valence-corrected chi connectivity index (χ3v) is 6.81. The number of benzene rings is 1. The second-order valence-corrected chi connectivity index (χ2v) is 8.44. The first-order valence-electron chi connectivity index (χ1n) is 10.6. The lowest BCUT2D eigenvalue weighted by Crippen LogP contribution is -2.54. The third kappa shape index (κ3) is 3.16. The van der Waals surface area contributed by atoms with Crippen molar-refractivity contribution >= 4 is 22.8 Å². The smallest absolute Gasteiger partial charge is 0.230 e. The van der Waals surface area contributed by atoms with Gasteiger partial charge in [0.25, 0.3) is 0 Å². The summed E-state index contributed by atoms with van der Waals surface area (Å²) in [5.41, 5.74) is 2.23. The Bertz CT molecular complexity index is 1010. The van der Waals surface area contributed by atoms with E-state index in [2.05, 4.69) is 49.9 Å². The summed E-state index contributed by atoms with van der Waals surface area (Å²) < 4.78 is 0. The Hall–Kier alpha value is -2.89. The van der Waals surface area contributed by atoms with E-state index in [1.165, 1.54) is 0 Å². The Morgan fingerprint density at radius 1 is 1.14 bits per heavy atom. The van der Waals surface area contributed by atoms with Crippen LogP contribution < -0.4 is 4.90 Å². The molecule has 1 spiro atoms. The van der Waals surface area contributed by atoms with Crippen LogP contribution in [0, 0.1) is 5.41 Å². The summed E-state index contributed by atoms with van der Waals surface area (Å²) in [7, 11) is 0. The van der Waals surface area contributed by atoms with E-state index in [4.69, 9.17) is 0 Å². The van der Waals surface area contributed by atoms with E-state index in [0.29, 0.717) is 0 Å². The molecule has 29 heavy (non-hydrogen) atoms. The van der Waals surface area contributed by atoms with Gasteiger partial charge >= 0.3 is 0 Å². The van der Waals surface area contributed by atoms with Crippen LogP contribution in [-0.2, 0) is 4.79 Å². The first kappa shape index (κ1) is 18.2. The molecule has 150 valence electrons. The van der Waals surface area contributed by atoms with Gasteiger partial charge in [0.2, 0.25) is 5.91 Å². The van der Waals surface area contributed by atoms with E-state index < -0.39 is 0 Å². The molecule has 0 radical (unpaired) electrons. The number of aromatic amines is 1. The number of piperidine rings is 2. The second kappa shape index (κ2) is 7.17. The predicted molar refractivity (Wildman–Crippen MR) is 114 cm³/mol. The predicted octanol–water partition coefficient (Wildman–Crippen LogP) is 3.58. The molecule has 2 saturated heterocycles. The van der Waals surface area contributed by atoms with Gasteiger partial charge in [-0.15, -0.1) is 0 Å².